The Bertz CT molecular complexity index is 787. The van der Waals surface area contributed by atoms with Crippen LogP contribution in [0.2, 0.25) is 0 Å². The Kier molecular flexibility index (Phi) is 5.20. The quantitative estimate of drug-likeness (QED) is 0.835. The fourth-order valence-electron chi connectivity index (χ4n) is 3.44. The van der Waals surface area contributed by atoms with E-state index in [0.717, 1.165) is 21.3 Å². The van der Waals surface area contributed by atoms with Gasteiger partial charge in [-0.25, -0.2) is 4.98 Å². The van der Waals surface area contributed by atoms with E-state index >= 15 is 0 Å². The molecule has 26 heavy (non-hydrogen) atoms. The summed E-state index contributed by atoms with van der Waals surface area (Å²) in [6.07, 6.45) is -0.279. The first-order valence-electron chi connectivity index (χ1n) is 8.59. The average molecular weight is 376 g/mol. The van der Waals surface area contributed by atoms with Gasteiger partial charge >= 0.3 is 5.97 Å². The normalized spacial score (nSPS) is 23.1. The second kappa shape index (κ2) is 7.25. The molecule has 1 saturated heterocycles. The zero-order valence-corrected chi connectivity index (χ0v) is 16.0. The van der Waals surface area contributed by atoms with E-state index < -0.39 is 17.5 Å². The summed E-state index contributed by atoms with van der Waals surface area (Å²) in [5.41, 5.74) is 0.516. The standard InChI is InChI=1S/C19H24N2O4S/c1-12-13(2)26-18(20-12)21-8-7-16(22)19(11-21,17(23)24)10-14-5-4-6-15(9-14)25-3/h4-6,9,16,22H,7-8,10-11H2,1-3H3,(H,23,24)/t16-,19-/m1/s1. The van der Waals surface area contributed by atoms with Crippen molar-refractivity contribution in [3.63, 3.8) is 0 Å². The van der Waals surface area contributed by atoms with E-state index in [-0.39, 0.29) is 13.0 Å². The van der Waals surface area contributed by atoms with E-state index in [0.29, 0.717) is 18.7 Å². The molecule has 1 aromatic heterocycles. The Labute approximate surface area is 157 Å². The van der Waals surface area contributed by atoms with Gasteiger partial charge in [-0.1, -0.05) is 12.1 Å². The highest BCUT2D eigenvalue weighted by atomic mass is 32.1. The summed E-state index contributed by atoms with van der Waals surface area (Å²) >= 11 is 1.57. The lowest BCUT2D eigenvalue weighted by Crippen LogP contribution is -2.57. The SMILES string of the molecule is COc1cccc(C[C@@]2(C(=O)O)CN(c3nc(C)c(C)s3)CC[C@H]2O)c1. The zero-order chi connectivity index (χ0) is 18.9. The highest BCUT2D eigenvalue weighted by molar-refractivity contribution is 7.15. The van der Waals surface area contributed by atoms with Crippen LogP contribution in [0.25, 0.3) is 0 Å². The van der Waals surface area contributed by atoms with Crippen molar-refractivity contribution in [1.29, 1.82) is 0 Å². The van der Waals surface area contributed by atoms with E-state index in [1.54, 1.807) is 18.4 Å². The number of thiazole rings is 1. The highest BCUT2D eigenvalue weighted by Gasteiger charge is 2.49. The molecular formula is C19H24N2O4S. The van der Waals surface area contributed by atoms with Crippen molar-refractivity contribution in [2.75, 3.05) is 25.1 Å². The Balaban J connectivity index is 1.93. The Morgan fingerprint density at radius 2 is 2.23 bits per heavy atom. The van der Waals surface area contributed by atoms with E-state index in [2.05, 4.69) is 4.98 Å². The van der Waals surface area contributed by atoms with Crippen molar-refractivity contribution >= 4 is 22.4 Å². The third-order valence-corrected chi connectivity index (χ3v) is 6.28. The molecule has 0 saturated carbocycles. The fourth-order valence-corrected chi connectivity index (χ4v) is 4.37. The fraction of sp³-hybridized carbons (Fsp3) is 0.474. The summed E-state index contributed by atoms with van der Waals surface area (Å²) < 4.78 is 5.24. The number of carboxylic acids is 1. The van der Waals surface area contributed by atoms with Crippen LogP contribution in [0.3, 0.4) is 0 Å². The molecule has 0 unspecified atom stereocenters. The van der Waals surface area contributed by atoms with Crippen molar-refractivity contribution in [1.82, 2.24) is 4.98 Å². The van der Waals surface area contributed by atoms with Crippen LogP contribution in [0.1, 0.15) is 22.6 Å². The van der Waals surface area contributed by atoms with Gasteiger partial charge in [-0.2, -0.15) is 0 Å². The largest absolute Gasteiger partial charge is 0.497 e. The number of aromatic nitrogens is 1. The maximum Gasteiger partial charge on any atom is 0.314 e. The molecule has 1 aliphatic rings. The molecule has 140 valence electrons. The molecule has 0 aliphatic carbocycles. The van der Waals surface area contributed by atoms with Crippen molar-refractivity contribution in [3.05, 3.63) is 40.4 Å². The van der Waals surface area contributed by atoms with Crippen molar-refractivity contribution < 1.29 is 19.7 Å². The first kappa shape index (κ1) is 18.7. The molecule has 7 heteroatoms. The van der Waals surface area contributed by atoms with Gasteiger partial charge in [0.05, 0.1) is 18.9 Å². The lowest BCUT2D eigenvalue weighted by atomic mass is 9.73. The minimum absolute atomic E-state index is 0.229. The third kappa shape index (κ3) is 3.41. The molecule has 0 radical (unpaired) electrons. The number of aliphatic hydroxyl groups excluding tert-OH is 1. The van der Waals surface area contributed by atoms with Gasteiger partial charge in [0.25, 0.3) is 0 Å². The van der Waals surface area contributed by atoms with Crippen LogP contribution < -0.4 is 9.64 Å². The first-order chi connectivity index (χ1) is 12.4. The maximum absolute atomic E-state index is 12.3. The summed E-state index contributed by atoms with van der Waals surface area (Å²) in [6, 6.07) is 7.36. The molecule has 1 fully saturated rings. The molecule has 1 aromatic carbocycles. The summed E-state index contributed by atoms with van der Waals surface area (Å²) in [7, 11) is 1.58. The Hall–Kier alpha value is -2.12. The second-order valence-corrected chi connectivity index (χ2v) is 8.04. The molecule has 1 aliphatic heterocycles. The lowest BCUT2D eigenvalue weighted by molar-refractivity contribution is -0.157. The number of ether oxygens (including phenoxy) is 1. The van der Waals surface area contributed by atoms with Crippen LogP contribution in [0.5, 0.6) is 5.75 Å². The highest BCUT2D eigenvalue weighted by Crippen LogP contribution is 2.38. The van der Waals surface area contributed by atoms with Gasteiger partial charge in [0, 0.05) is 18.0 Å². The summed E-state index contributed by atoms with van der Waals surface area (Å²) in [4.78, 5) is 19.9. The number of rotatable bonds is 5. The number of aryl methyl sites for hydroxylation is 2. The molecule has 3 rings (SSSR count). The van der Waals surface area contributed by atoms with Crippen molar-refractivity contribution in [2.45, 2.75) is 32.8 Å². The number of methoxy groups -OCH3 is 1. The zero-order valence-electron chi connectivity index (χ0n) is 15.2. The number of carbonyl (C=O) groups is 1. The lowest BCUT2D eigenvalue weighted by Gasteiger charge is -2.43. The number of nitrogens with zero attached hydrogens (tertiary/aromatic N) is 2. The third-order valence-electron chi connectivity index (χ3n) is 5.15. The molecular weight excluding hydrogens is 352 g/mol. The van der Waals surface area contributed by atoms with Crippen molar-refractivity contribution in [2.24, 2.45) is 5.41 Å². The van der Waals surface area contributed by atoms with Crippen LogP contribution in [0.4, 0.5) is 5.13 Å². The number of anilines is 1. The maximum atomic E-state index is 12.3. The molecule has 6 nitrogen and oxygen atoms in total. The number of aliphatic carboxylic acids is 1. The minimum Gasteiger partial charge on any atom is -0.497 e. The summed E-state index contributed by atoms with van der Waals surface area (Å²) in [5, 5.41) is 21.5. The molecule has 2 heterocycles. The molecule has 2 aromatic rings. The number of hydrogen-bond acceptors (Lipinski definition) is 6. The van der Waals surface area contributed by atoms with Crippen LogP contribution in [-0.2, 0) is 11.2 Å². The monoisotopic (exact) mass is 376 g/mol. The Morgan fingerprint density at radius 3 is 2.85 bits per heavy atom. The van der Waals surface area contributed by atoms with Crippen LogP contribution >= 0.6 is 11.3 Å². The minimum atomic E-state index is -1.28. The number of aliphatic hydroxyl groups is 1. The van der Waals surface area contributed by atoms with E-state index in [4.69, 9.17) is 4.74 Å². The van der Waals surface area contributed by atoms with Gasteiger partial charge < -0.3 is 19.8 Å². The molecule has 2 atom stereocenters. The van der Waals surface area contributed by atoms with E-state index in [1.165, 1.54) is 0 Å². The number of carboxylic acid groups (broad SMARTS) is 1. The van der Waals surface area contributed by atoms with Gasteiger partial charge in [-0.05, 0) is 44.4 Å². The molecule has 0 amide bonds. The van der Waals surface area contributed by atoms with Crippen LogP contribution in [-0.4, -0.2) is 47.5 Å². The molecule has 0 spiro atoms. The number of benzene rings is 1. The second-order valence-electron chi connectivity index (χ2n) is 6.85. The van der Waals surface area contributed by atoms with Gasteiger partial charge in [0.1, 0.15) is 11.2 Å². The molecule has 0 bridgehead atoms. The van der Waals surface area contributed by atoms with Gasteiger partial charge in [-0.3, -0.25) is 4.79 Å². The summed E-state index contributed by atoms with van der Waals surface area (Å²) in [5.74, 6) is -0.307. The smallest absolute Gasteiger partial charge is 0.314 e. The van der Waals surface area contributed by atoms with Gasteiger partial charge in [0.15, 0.2) is 5.13 Å². The average Bonchev–Trinajstić information content (AvgIpc) is 2.96. The number of piperidine rings is 1. The van der Waals surface area contributed by atoms with Crippen LogP contribution in [0.15, 0.2) is 24.3 Å². The van der Waals surface area contributed by atoms with Crippen molar-refractivity contribution in [3.8, 4) is 5.75 Å². The first-order valence-corrected chi connectivity index (χ1v) is 9.41. The molecule has 2 N–H and O–H groups in total. The van der Waals surface area contributed by atoms with Gasteiger partial charge in [-0.15, -0.1) is 11.3 Å². The Morgan fingerprint density at radius 1 is 1.46 bits per heavy atom. The van der Waals surface area contributed by atoms with E-state index in [1.807, 2.05) is 43.0 Å². The number of hydrogen-bond donors (Lipinski definition) is 2. The predicted molar refractivity (Wildman–Crippen MR) is 101 cm³/mol. The van der Waals surface area contributed by atoms with Crippen LogP contribution in [0, 0.1) is 19.3 Å². The van der Waals surface area contributed by atoms with E-state index in [9.17, 15) is 15.0 Å². The van der Waals surface area contributed by atoms with Gasteiger partial charge in [0.2, 0.25) is 0 Å². The predicted octanol–water partition coefficient (Wildman–Crippen LogP) is 2.65. The summed E-state index contributed by atoms with van der Waals surface area (Å²) in [6.45, 7) is 4.79. The topological polar surface area (TPSA) is 82.9 Å².